The van der Waals surface area contributed by atoms with Crippen molar-refractivity contribution in [3.63, 3.8) is 0 Å². The van der Waals surface area contributed by atoms with E-state index in [4.69, 9.17) is 15.2 Å². The van der Waals surface area contributed by atoms with Crippen LogP contribution in [0.25, 0.3) is 0 Å². The molecule has 0 bridgehead atoms. The summed E-state index contributed by atoms with van der Waals surface area (Å²) in [5.74, 6) is -2.84. The first-order valence-corrected chi connectivity index (χ1v) is 14.6. The maximum atomic E-state index is 14.1. The van der Waals surface area contributed by atoms with Crippen LogP contribution in [0, 0.1) is 6.92 Å². The van der Waals surface area contributed by atoms with E-state index in [0.29, 0.717) is 5.56 Å². The van der Waals surface area contributed by atoms with Gasteiger partial charge < -0.3 is 30.7 Å². The number of hydrogen-bond acceptors (Lipinski definition) is 7. The van der Waals surface area contributed by atoms with E-state index < -0.39 is 65.5 Å². The van der Waals surface area contributed by atoms with Gasteiger partial charge in [0.1, 0.15) is 29.3 Å². The zero-order valence-corrected chi connectivity index (χ0v) is 26.9. The highest BCUT2D eigenvalue weighted by Crippen LogP contribution is 2.24. The SMILES string of the molecule is CCN(C(=O)C(CC(N)=O)NC(=O)OC(C)(C)C)C(C(=O)NC(Cc1ccccc1)C(=O)OC(C)(C)C)c1ccc(C)cc1. The average Bonchev–Trinajstić information content (AvgIpc) is 2.89. The van der Waals surface area contributed by atoms with Crippen LogP contribution in [0.3, 0.4) is 0 Å². The van der Waals surface area contributed by atoms with Gasteiger partial charge in [-0.1, -0.05) is 60.2 Å². The number of alkyl carbamates (subject to hydrolysis) is 1. The van der Waals surface area contributed by atoms with E-state index in [9.17, 15) is 24.0 Å². The highest BCUT2D eigenvalue weighted by atomic mass is 16.6. The fourth-order valence-electron chi connectivity index (χ4n) is 4.41. The first kappa shape index (κ1) is 35.8. The molecule has 0 radical (unpaired) electrons. The van der Waals surface area contributed by atoms with E-state index >= 15 is 0 Å². The van der Waals surface area contributed by atoms with Crippen LogP contribution in [-0.4, -0.2) is 64.5 Å². The summed E-state index contributed by atoms with van der Waals surface area (Å²) in [6.45, 7) is 13.7. The zero-order chi connectivity index (χ0) is 33.2. The van der Waals surface area contributed by atoms with Crippen LogP contribution in [0.1, 0.15) is 77.6 Å². The van der Waals surface area contributed by atoms with Crippen molar-refractivity contribution in [1.82, 2.24) is 15.5 Å². The molecule has 240 valence electrons. The molecule has 3 atom stereocenters. The third-order valence-electron chi connectivity index (χ3n) is 6.26. The smallest absolute Gasteiger partial charge is 0.408 e. The van der Waals surface area contributed by atoms with Crippen LogP contribution >= 0.6 is 0 Å². The van der Waals surface area contributed by atoms with Gasteiger partial charge in [0.25, 0.3) is 0 Å². The number of benzene rings is 2. The highest BCUT2D eigenvalue weighted by Gasteiger charge is 2.38. The molecule has 0 aliphatic carbocycles. The molecule has 0 aliphatic heterocycles. The summed E-state index contributed by atoms with van der Waals surface area (Å²) in [6.07, 6.45) is -1.30. The third-order valence-corrected chi connectivity index (χ3v) is 6.26. The average molecular weight is 611 g/mol. The Labute approximate surface area is 259 Å². The lowest BCUT2D eigenvalue weighted by Gasteiger charge is -2.34. The first-order chi connectivity index (χ1) is 20.4. The van der Waals surface area contributed by atoms with Gasteiger partial charge in [0.05, 0.1) is 6.42 Å². The van der Waals surface area contributed by atoms with Crippen molar-refractivity contribution >= 4 is 29.8 Å². The van der Waals surface area contributed by atoms with E-state index in [2.05, 4.69) is 10.6 Å². The van der Waals surface area contributed by atoms with E-state index in [1.54, 1.807) is 72.7 Å². The van der Waals surface area contributed by atoms with Crippen molar-refractivity contribution < 1.29 is 33.4 Å². The molecule has 0 aliphatic rings. The molecule has 4 amide bonds. The minimum atomic E-state index is -1.41. The Bertz CT molecular complexity index is 1300. The van der Waals surface area contributed by atoms with E-state index in [0.717, 1.165) is 11.1 Å². The van der Waals surface area contributed by atoms with Crippen molar-refractivity contribution in [3.05, 3.63) is 71.3 Å². The summed E-state index contributed by atoms with van der Waals surface area (Å²) in [5.41, 5.74) is 5.93. The maximum Gasteiger partial charge on any atom is 0.408 e. The molecule has 0 spiro atoms. The second kappa shape index (κ2) is 15.4. The number of carbonyl (C=O) groups is 5. The number of aryl methyl sites for hydroxylation is 1. The van der Waals surface area contributed by atoms with Gasteiger partial charge in [0.2, 0.25) is 17.7 Å². The molecule has 3 unspecified atom stereocenters. The fourth-order valence-corrected chi connectivity index (χ4v) is 4.41. The lowest BCUT2D eigenvalue weighted by atomic mass is 9.99. The van der Waals surface area contributed by atoms with E-state index in [1.165, 1.54) is 4.90 Å². The molecule has 11 heteroatoms. The standard InChI is InChI=1S/C33H46N4O7/c1-9-37(29(40)24(20-26(34)38)36-31(42)44-33(6,7)8)27(23-17-15-21(2)16-18-23)28(39)35-25(30(41)43-32(3,4)5)19-22-13-11-10-12-14-22/h10-18,24-25,27H,9,19-20H2,1-8H3,(H2,34,38)(H,35,39)(H,36,42). The largest absolute Gasteiger partial charge is 0.458 e. The summed E-state index contributed by atoms with van der Waals surface area (Å²) in [7, 11) is 0. The Kier molecular flexibility index (Phi) is 12.5. The third kappa shape index (κ3) is 11.7. The molecule has 0 heterocycles. The Morgan fingerprint density at radius 2 is 1.39 bits per heavy atom. The van der Waals surface area contributed by atoms with Gasteiger partial charge in [-0.2, -0.15) is 0 Å². The molecule has 4 N–H and O–H groups in total. The molecule has 2 aromatic rings. The Morgan fingerprint density at radius 1 is 0.818 bits per heavy atom. The van der Waals surface area contributed by atoms with E-state index in [1.807, 2.05) is 37.3 Å². The number of amides is 4. The number of ether oxygens (including phenoxy) is 2. The second-order valence-corrected chi connectivity index (χ2v) is 12.6. The predicted octanol–water partition coefficient (Wildman–Crippen LogP) is 3.72. The number of primary amides is 1. The van der Waals surface area contributed by atoms with Crippen molar-refractivity contribution in [1.29, 1.82) is 0 Å². The molecule has 0 fully saturated rings. The van der Waals surface area contributed by atoms with Crippen LogP contribution in [0.4, 0.5) is 4.79 Å². The number of rotatable bonds is 12. The number of likely N-dealkylation sites (N-methyl/N-ethyl adjacent to an activating group) is 1. The molecule has 2 aromatic carbocycles. The molecule has 11 nitrogen and oxygen atoms in total. The number of nitrogens with two attached hydrogens (primary N) is 1. The molecule has 0 aromatic heterocycles. The molecule has 2 rings (SSSR count). The van der Waals surface area contributed by atoms with Crippen molar-refractivity contribution in [2.24, 2.45) is 5.73 Å². The first-order valence-electron chi connectivity index (χ1n) is 14.6. The topological polar surface area (TPSA) is 157 Å². The Balaban J connectivity index is 2.52. The lowest BCUT2D eigenvalue weighted by molar-refractivity contribution is -0.159. The van der Waals surface area contributed by atoms with Gasteiger partial charge in [0.15, 0.2) is 0 Å². The maximum absolute atomic E-state index is 14.1. The van der Waals surface area contributed by atoms with Crippen LogP contribution in [0.15, 0.2) is 54.6 Å². The van der Waals surface area contributed by atoms with Gasteiger partial charge in [-0.05, 0) is 66.5 Å². The van der Waals surface area contributed by atoms with Gasteiger partial charge in [-0.25, -0.2) is 9.59 Å². The Hall–Kier alpha value is -4.41. The van der Waals surface area contributed by atoms with Gasteiger partial charge in [-0.3, -0.25) is 14.4 Å². The summed E-state index contributed by atoms with van der Waals surface area (Å²) in [5, 5.41) is 5.24. The van der Waals surface area contributed by atoms with Crippen molar-refractivity contribution in [2.45, 2.75) is 97.6 Å². The quantitative estimate of drug-likeness (QED) is 0.309. The number of nitrogens with one attached hydrogen (secondary N) is 2. The predicted molar refractivity (Wildman–Crippen MR) is 166 cm³/mol. The van der Waals surface area contributed by atoms with Gasteiger partial charge in [0, 0.05) is 13.0 Å². The zero-order valence-electron chi connectivity index (χ0n) is 26.9. The summed E-state index contributed by atoms with van der Waals surface area (Å²) < 4.78 is 10.9. The number of nitrogens with zero attached hydrogens (tertiary/aromatic N) is 1. The van der Waals surface area contributed by atoms with E-state index in [-0.39, 0.29) is 13.0 Å². The van der Waals surface area contributed by atoms with Crippen molar-refractivity contribution in [2.75, 3.05) is 6.54 Å². The van der Waals surface area contributed by atoms with Gasteiger partial charge in [-0.15, -0.1) is 0 Å². The molecular weight excluding hydrogens is 564 g/mol. The summed E-state index contributed by atoms with van der Waals surface area (Å²) in [4.78, 5) is 67.2. The molecule has 0 saturated heterocycles. The Morgan fingerprint density at radius 3 is 1.89 bits per heavy atom. The number of esters is 1. The monoisotopic (exact) mass is 610 g/mol. The number of hydrogen-bond donors (Lipinski definition) is 3. The van der Waals surface area contributed by atoms with Crippen LogP contribution < -0.4 is 16.4 Å². The van der Waals surface area contributed by atoms with Crippen LogP contribution in [0.2, 0.25) is 0 Å². The van der Waals surface area contributed by atoms with Gasteiger partial charge >= 0.3 is 12.1 Å². The fraction of sp³-hybridized carbons (Fsp3) is 0.485. The summed E-state index contributed by atoms with van der Waals surface area (Å²) >= 11 is 0. The molecule has 44 heavy (non-hydrogen) atoms. The molecule has 0 saturated carbocycles. The van der Waals surface area contributed by atoms with Crippen LogP contribution in [0.5, 0.6) is 0 Å². The lowest BCUT2D eigenvalue weighted by Crippen LogP contribution is -2.55. The van der Waals surface area contributed by atoms with Crippen LogP contribution in [-0.2, 0) is 35.1 Å². The van der Waals surface area contributed by atoms with Crippen molar-refractivity contribution in [3.8, 4) is 0 Å². The summed E-state index contributed by atoms with van der Waals surface area (Å²) in [6, 6.07) is 12.4. The second-order valence-electron chi connectivity index (χ2n) is 12.6. The highest BCUT2D eigenvalue weighted by molar-refractivity contribution is 5.95. The minimum Gasteiger partial charge on any atom is -0.458 e. The normalized spacial score (nSPS) is 13.5. The number of carbonyl (C=O) groups excluding carboxylic acids is 5. The molecular formula is C33H46N4O7. The minimum absolute atomic E-state index is 0.0197.